The van der Waals surface area contributed by atoms with Gasteiger partial charge in [-0.2, -0.15) is 0 Å². The Labute approximate surface area is 146 Å². The van der Waals surface area contributed by atoms with Crippen LogP contribution in [0.3, 0.4) is 0 Å². The summed E-state index contributed by atoms with van der Waals surface area (Å²) < 4.78 is 0. The van der Waals surface area contributed by atoms with Crippen LogP contribution < -0.4 is 10.6 Å². The molecule has 2 aromatic carbocycles. The third-order valence-corrected chi connectivity index (χ3v) is 3.36. The zero-order valence-corrected chi connectivity index (χ0v) is 13.2. The van der Waals surface area contributed by atoms with Crippen molar-refractivity contribution in [1.82, 2.24) is 9.97 Å². The fourth-order valence-corrected chi connectivity index (χ4v) is 2.23. The number of benzene rings is 2. The summed E-state index contributed by atoms with van der Waals surface area (Å²) in [5.41, 5.74) is 0.402. The highest BCUT2D eigenvalue weighted by Crippen LogP contribution is 2.33. The second-order valence-electron chi connectivity index (χ2n) is 5.10. The van der Waals surface area contributed by atoms with Crippen molar-refractivity contribution >= 4 is 34.4 Å². The summed E-state index contributed by atoms with van der Waals surface area (Å²) in [6, 6.07) is 14.4. The predicted molar refractivity (Wildman–Crippen MR) is 94.8 cm³/mol. The molecule has 0 unspecified atom stereocenters. The van der Waals surface area contributed by atoms with E-state index in [-0.39, 0.29) is 23.0 Å². The van der Waals surface area contributed by atoms with Crippen LogP contribution in [0, 0.1) is 20.2 Å². The van der Waals surface area contributed by atoms with E-state index in [9.17, 15) is 20.2 Å². The van der Waals surface area contributed by atoms with Crippen LogP contribution in [0.15, 0.2) is 60.9 Å². The smallest absolute Gasteiger partial charge is 0.334 e. The molecule has 1 heterocycles. The van der Waals surface area contributed by atoms with Crippen molar-refractivity contribution in [3.05, 3.63) is 81.2 Å². The van der Waals surface area contributed by atoms with Crippen molar-refractivity contribution in [2.45, 2.75) is 0 Å². The first-order valence-corrected chi connectivity index (χ1v) is 7.37. The minimum atomic E-state index is -0.620. The van der Waals surface area contributed by atoms with E-state index < -0.39 is 9.85 Å². The number of hydrogen-bond donors (Lipinski definition) is 2. The monoisotopic (exact) mass is 352 g/mol. The van der Waals surface area contributed by atoms with E-state index >= 15 is 0 Å². The largest absolute Gasteiger partial charge is 0.353 e. The molecule has 0 amide bonds. The quantitative estimate of drug-likeness (QED) is 0.505. The van der Waals surface area contributed by atoms with E-state index in [4.69, 9.17) is 0 Å². The first-order valence-electron chi connectivity index (χ1n) is 7.37. The highest BCUT2D eigenvalue weighted by molar-refractivity contribution is 5.77. The number of nitrogens with one attached hydrogen (secondary N) is 2. The topological polar surface area (TPSA) is 136 Å². The Morgan fingerprint density at radius 3 is 2.00 bits per heavy atom. The zero-order chi connectivity index (χ0) is 18.5. The van der Waals surface area contributed by atoms with Crippen molar-refractivity contribution in [3.8, 4) is 0 Å². The lowest BCUT2D eigenvalue weighted by molar-refractivity contribution is -0.384. The number of aromatic nitrogens is 2. The fourth-order valence-electron chi connectivity index (χ4n) is 2.23. The maximum Gasteiger partial charge on any atom is 0.353 e. The standard InChI is InChI=1S/C16H12N6O4/c23-21(24)13-8-4-7-12(9-13)20-16-14(22(25)26)15(17-10-18-16)19-11-5-2-1-3-6-11/h1-10H,(H2,17,18,19,20). The summed E-state index contributed by atoms with van der Waals surface area (Å²) in [5, 5.41) is 28.0. The second kappa shape index (κ2) is 7.21. The Hall–Kier alpha value is -4.08. The minimum absolute atomic E-state index is 0.00382. The Morgan fingerprint density at radius 2 is 1.38 bits per heavy atom. The van der Waals surface area contributed by atoms with E-state index in [1.165, 1.54) is 18.2 Å². The molecule has 0 aliphatic heterocycles. The summed E-state index contributed by atoms with van der Waals surface area (Å²) in [6.07, 6.45) is 1.16. The van der Waals surface area contributed by atoms with Crippen molar-refractivity contribution in [1.29, 1.82) is 0 Å². The van der Waals surface area contributed by atoms with Gasteiger partial charge >= 0.3 is 5.69 Å². The van der Waals surface area contributed by atoms with Crippen molar-refractivity contribution < 1.29 is 9.85 Å². The predicted octanol–water partition coefficient (Wildman–Crippen LogP) is 3.78. The number of rotatable bonds is 6. The zero-order valence-electron chi connectivity index (χ0n) is 13.2. The molecule has 10 heteroatoms. The second-order valence-corrected chi connectivity index (χ2v) is 5.10. The van der Waals surface area contributed by atoms with Crippen LogP contribution in [0.2, 0.25) is 0 Å². The lowest BCUT2D eigenvalue weighted by Crippen LogP contribution is -2.05. The van der Waals surface area contributed by atoms with Crippen molar-refractivity contribution in [3.63, 3.8) is 0 Å². The Morgan fingerprint density at radius 1 is 0.769 bits per heavy atom. The van der Waals surface area contributed by atoms with E-state index in [0.29, 0.717) is 11.4 Å². The summed E-state index contributed by atoms with van der Waals surface area (Å²) in [7, 11) is 0. The van der Waals surface area contributed by atoms with Gasteiger partial charge in [-0.1, -0.05) is 24.3 Å². The first kappa shape index (κ1) is 16.8. The molecule has 26 heavy (non-hydrogen) atoms. The molecule has 0 radical (unpaired) electrons. The van der Waals surface area contributed by atoms with Gasteiger partial charge in [-0.05, 0) is 18.2 Å². The SMILES string of the molecule is O=[N+]([O-])c1cccc(Nc2ncnc(Nc3ccccc3)c2[N+](=O)[O-])c1. The molecule has 0 aliphatic carbocycles. The van der Waals surface area contributed by atoms with Crippen LogP contribution in [-0.2, 0) is 0 Å². The Kier molecular flexibility index (Phi) is 4.65. The van der Waals surface area contributed by atoms with Gasteiger partial charge in [-0.25, -0.2) is 9.97 Å². The van der Waals surface area contributed by atoms with E-state index in [0.717, 1.165) is 6.33 Å². The normalized spacial score (nSPS) is 10.2. The van der Waals surface area contributed by atoms with Crippen LogP contribution in [0.1, 0.15) is 0 Å². The van der Waals surface area contributed by atoms with Gasteiger partial charge in [0, 0.05) is 23.5 Å². The van der Waals surface area contributed by atoms with Crippen molar-refractivity contribution in [2.24, 2.45) is 0 Å². The Balaban J connectivity index is 1.97. The summed E-state index contributed by atoms with van der Waals surface area (Å²) in [5.74, 6) is -0.0759. The van der Waals surface area contributed by atoms with Gasteiger partial charge in [-0.3, -0.25) is 20.2 Å². The number of nitro benzene ring substituents is 1. The number of nitro groups is 2. The molecule has 130 valence electrons. The highest BCUT2D eigenvalue weighted by atomic mass is 16.6. The van der Waals surface area contributed by atoms with Crippen molar-refractivity contribution in [2.75, 3.05) is 10.6 Å². The van der Waals surface area contributed by atoms with Gasteiger partial charge < -0.3 is 10.6 Å². The molecule has 0 bridgehead atoms. The van der Waals surface area contributed by atoms with Crippen LogP contribution in [-0.4, -0.2) is 19.8 Å². The molecule has 2 N–H and O–H groups in total. The number of anilines is 4. The van der Waals surface area contributed by atoms with Gasteiger partial charge in [0.2, 0.25) is 11.6 Å². The molecule has 0 atom stereocenters. The van der Waals surface area contributed by atoms with Crippen LogP contribution in [0.4, 0.5) is 34.4 Å². The molecule has 0 saturated carbocycles. The number of para-hydroxylation sites is 1. The number of nitrogens with zero attached hydrogens (tertiary/aromatic N) is 4. The first-order chi connectivity index (χ1) is 12.5. The lowest BCUT2D eigenvalue weighted by Gasteiger charge is -2.10. The van der Waals surface area contributed by atoms with Crippen LogP contribution >= 0.6 is 0 Å². The van der Waals surface area contributed by atoms with Gasteiger partial charge in [0.25, 0.3) is 5.69 Å². The van der Waals surface area contributed by atoms with Gasteiger partial charge in [0.1, 0.15) is 6.33 Å². The van der Waals surface area contributed by atoms with Gasteiger partial charge in [0.05, 0.1) is 9.85 Å². The molecule has 10 nitrogen and oxygen atoms in total. The molecule has 0 saturated heterocycles. The molecule has 0 fully saturated rings. The fraction of sp³-hybridized carbons (Fsp3) is 0. The highest BCUT2D eigenvalue weighted by Gasteiger charge is 2.23. The summed E-state index contributed by atoms with van der Waals surface area (Å²) >= 11 is 0. The van der Waals surface area contributed by atoms with E-state index in [2.05, 4.69) is 20.6 Å². The van der Waals surface area contributed by atoms with E-state index in [1.54, 1.807) is 30.3 Å². The van der Waals surface area contributed by atoms with Crippen LogP contribution in [0.25, 0.3) is 0 Å². The molecule has 3 aromatic rings. The maximum absolute atomic E-state index is 11.5. The minimum Gasteiger partial charge on any atom is -0.334 e. The Bertz CT molecular complexity index is 964. The third-order valence-electron chi connectivity index (χ3n) is 3.36. The number of hydrogen-bond acceptors (Lipinski definition) is 8. The van der Waals surface area contributed by atoms with Crippen LogP contribution in [0.5, 0.6) is 0 Å². The summed E-state index contributed by atoms with van der Waals surface area (Å²) in [4.78, 5) is 29.1. The average Bonchev–Trinajstić information content (AvgIpc) is 2.62. The molecule has 0 spiro atoms. The molecule has 0 aliphatic rings. The maximum atomic E-state index is 11.5. The van der Waals surface area contributed by atoms with Gasteiger partial charge in [-0.15, -0.1) is 0 Å². The van der Waals surface area contributed by atoms with Gasteiger partial charge in [0.15, 0.2) is 0 Å². The summed E-state index contributed by atoms with van der Waals surface area (Å²) in [6.45, 7) is 0. The lowest BCUT2D eigenvalue weighted by atomic mass is 10.2. The van der Waals surface area contributed by atoms with E-state index in [1.807, 2.05) is 6.07 Å². The molecular formula is C16H12N6O4. The average molecular weight is 352 g/mol. The molecule has 1 aromatic heterocycles. The molecule has 3 rings (SSSR count). The third kappa shape index (κ3) is 3.70. The number of non-ortho nitro benzene ring substituents is 1. The molecular weight excluding hydrogens is 340 g/mol.